The van der Waals surface area contributed by atoms with E-state index in [4.69, 9.17) is 9.47 Å². The molecule has 0 saturated heterocycles. The van der Waals surface area contributed by atoms with Crippen molar-refractivity contribution in [3.63, 3.8) is 0 Å². The Kier molecular flexibility index (Phi) is 6.60. The number of rotatable bonds is 8. The summed E-state index contributed by atoms with van der Waals surface area (Å²) in [7, 11) is 3.20. The summed E-state index contributed by atoms with van der Waals surface area (Å²) in [5.41, 5.74) is 3.11. The SMILES string of the molecule is COc1cc2c(CNCc3cccc(C(F)(F)F)c3)cn(Cc3ccccc3)c2cc1OC. The van der Waals surface area contributed by atoms with E-state index in [-0.39, 0.29) is 0 Å². The van der Waals surface area contributed by atoms with Crippen LogP contribution < -0.4 is 14.8 Å². The molecule has 3 aromatic carbocycles. The van der Waals surface area contributed by atoms with E-state index in [2.05, 4.69) is 28.2 Å². The van der Waals surface area contributed by atoms with Crippen molar-refractivity contribution in [3.05, 3.63) is 95.2 Å². The maximum Gasteiger partial charge on any atom is 0.416 e. The maximum atomic E-state index is 13.0. The summed E-state index contributed by atoms with van der Waals surface area (Å²) in [4.78, 5) is 0. The molecule has 1 heterocycles. The molecule has 1 aromatic heterocycles. The summed E-state index contributed by atoms with van der Waals surface area (Å²) in [5.74, 6) is 1.27. The summed E-state index contributed by atoms with van der Waals surface area (Å²) in [6.07, 6.45) is -2.29. The van der Waals surface area contributed by atoms with Gasteiger partial charge in [-0.2, -0.15) is 13.2 Å². The predicted molar refractivity (Wildman–Crippen MR) is 123 cm³/mol. The van der Waals surface area contributed by atoms with E-state index in [1.807, 2.05) is 30.3 Å². The highest BCUT2D eigenvalue weighted by Crippen LogP contribution is 2.35. The predicted octanol–water partition coefficient (Wildman–Crippen LogP) is 6.02. The number of fused-ring (bicyclic) bond motifs is 1. The molecule has 0 atom stereocenters. The normalized spacial score (nSPS) is 11.7. The number of halogens is 3. The van der Waals surface area contributed by atoms with E-state index in [0.29, 0.717) is 36.7 Å². The summed E-state index contributed by atoms with van der Waals surface area (Å²) < 4.78 is 52.1. The Morgan fingerprint density at radius 3 is 2.21 bits per heavy atom. The quantitative estimate of drug-likeness (QED) is 0.354. The highest BCUT2D eigenvalue weighted by molar-refractivity contribution is 5.87. The molecule has 0 aliphatic rings. The van der Waals surface area contributed by atoms with Gasteiger partial charge in [0.15, 0.2) is 11.5 Å². The van der Waals surface area contributed by atoms with Crippen LogP contribution in [0.15, 0.2) is 72.9 Å². The Morgan fingerprint density at radius 1 is 0.818 bits per heavy atom. The fourth-order valence-electron chi connectivity index (χ4n) is 3.94. The molecule has 0 fully saturated rings. The van der Waals surface area contributed by atoms with Gasteiger partial charge in [-0.3, -0.25) is 0 Å². The number of ether oxygens (including phenoxy) is 2. The molecule has 4 nitrogen and oxygen atoms in total. The molecular weight excluding hydrogens is 429 g/mol. The Hall–Kier alpha value is -3.45. The number of nitrogens with zero attached hydrogens (tertiary/aromatic N) is 1. The average molecular weight is 454 g/mol. The van der Waals surface area contributed by atoms with Crippen molar-refractivity contribution >= 4 is 10.9 Å². The van der Waals surface area contributed by atoms with Gasteiger partial charge >= 0.3 is 6.18 Å². The first-order valence-corrected chi connectivity index (χ1v) is 10.5. The molecule has 33 heavy (non-hydrogen) atoms. The van der Waals surface area contributed by atoms with Crippen LogP contribution in [0.25, 0.3) is 10.9 Å². The number of aromatic nitrogens is 1. The third-order valence-corrected chi connectivity index (χ3v) is 5.56. The van der Waals surface area contributed by atoms with Crippen molar-refractivity contribution in [2.45, 2.75) is 25.8 Å². The van der Waals surface area contributed by atoms with Crippen molar-refractivity contribution in [2.75, 3.05) is 14.2 Å². The second-order valence-corrected chi connectivity index (χ2v) is 7.79. The van der Waals surface area contributed by atoms with Crippen molar-refractivity contribution in [3.8, 4) is 11.5 Å². The van der Waals surface area contributed by atoms with Crippen LogP contribution in [-0.2, 0) is 25.8 Å². The second-order valence-electron chi connectivity index (χ2n) is 7.79. The van der Waals surface area contributed by atoms with Crippen LogP contribution in [0.2, 0.25) is 0 Å². The van der Waals surface area contributed by atoms with Gasteiger partial charge in [0.25, 0.3) is 0 Å². The summed E-state index contributed by atoms with van der Waals surface area (Å²) in [6, 6.07) is 19.4. The summed E-state index contributed by atoms with van der Waals surface area (Å²) >= 11 is 0. The third-order valence-electron chi connectivity index (χ3n) is 5.56. The van der Waals surface area contributed by atoms with Crippen LogP contribution in [-0.4, -0.2) is 18.8 Å². The lowest BCUT2D eigenvalue weighted by atomic mass is 10.1. The molecule has 0 unspecified atom stereocenters. The Labute approximate surface area is 190 Å². The van der Waals surface area contributed by atoms with E-state index in [1.54, 1.807) is 20.3 Å². The molecule has 0 aliphatic heterocycles. The van der Waals surface area contributed by atoms with Gasteiger partial charge in [-0.25, -0.2) is 0 Å². The van der Waals surface area contributed by atoms with E-state index >= 15 is 0 Å². The monoisotopic (exact) mass is 454 g/mol. The van der Waals surface area contributed by atoms with E-state index in [1.165, 1.54) is 12.1 Å². The molecule has 0 radical (unpaired) electrons. The van der Waals surface area contributed by atoms with Crippen LogP contribution in [0, 0.1) is 0 Å². The highest BCUT2D eigenvalue weighted by Gasteiger charge is 2.30. The molecule has 7 heteroatoms. The highest BCUT2D eigenvalue weighted by atomic mass is 19.4. The van der Waals surface area contributed by atoms with Crippen LogP contribution in [0.4, 0.5) is 13.2 Å². The number of benzene rings is 3. The molecule has 0 saturated carbocycles. The first-order chi connectivity index (χ1) is 15.9. The first-order valence-electron chi connectivity index (χ1n) is 10.5. The molecule has 4 aromatic rings. The minimum atomic E-state index is -4.35. The fourth-order valence-corrected chi connectivity index (χ4v) is 3.94. The topological polar surface area (TPSA) is 35.4 Å². The zero-order valence-corrected chi connectivity index (χ0v) is 18.4. The summed E-state index contributed by atoms with van der Waals surface area (Å²) in [5, 5.41) is 4.28. The smallest absolute Gasteiger partial charge is 0.416 e. The molecule has 4 rings (SSSR count). The standard InChI is InChI=1S/C26H25F3N2O2/c1-32-24-12-22-20(15-30-14-19-9-6-10-21(11-19)26(27,28)29)17-31(23(22)13-25(24)33-2)16-18-7-4-3-5-8-18/h3-13,17,30H,14-16H2,1-2H3. The minimum Gasteiger partial charge on any atom is -0.493 e. The Bertz CT molecular complexity index is 1230. The average Bonchev–Trinajstić information content (AvgIpc) is 3.14. The lowest BCUT2D eigenvalue weighted by molar-refractivity contribution is -0.137. The number of nitrogens with one attached hydrogen (secondary N) is 1. The fraction of sp³-hybridized carbons (Fsp3) is 0.231. The van der Waals surface area contributed by atoms with Crippen molar-refractivity contribution in [1.29, 1.82) is 0 Å². The van der Waals surface area contributed by atoms with Gasteiger partial charge < -0.3 is 19.4 Å². The summed E-state index contributed by atoms with van der Waals surface area (Å²) in [6.45, 7) is 1.49. The zero-order valence-electron chi connectivity index (χ0n) is 18.4. The molecule has 0 aliphatic carbocycles. The molecule has 0 spiro atoms. The van der Waals surface area contributed by atoms with Crippen molar-refractivity contribution in [1.82, 2.24) is 9.88 Å². The minimum absolute atomic E-state index is 0.322. The number of hydrogen-bond acceptors (Lipinski definition) is 3. The van der Waals surface area contributed by atoms with Crippen molar-refractivity contribution in [2.24, 2.45) is 0 Å². The van der Waals surface area contributed by atoms with Crippen LogP contribution in [0.5, 0.6) is 11.5 Å². The van der Waals surface area contributed by atoms with E-state index in [9.17, 15) is 13.2 Å². The molecule has 172 valence electrons. The van der Waals surface area contributed by atoms with E-state index < -0.39 is 11.7 Å². The maximum absolute atomic E-state index is 13.0. The number of hydrogen-bond donors (Lipinski definition) is 1. The molecular formula is C26H25F3N2O2. The lowest BCUT2D eigenvalue weighted by Crippen LogP contribution is -2.13. The molecule has 1 N–H and O–H groups in total. The number of alkyl halides is 3. The van der Waals surface area contributed by atoms with Crippen LogP contribution >= 0.6 is 0 Å². The second kappa shape index (κ2) is 9.58. The van der Waals surface area contributed by atoms with Gasteiger partial charge in [0.2, 0.25) is 0 Å². The van der Waals surface area contributed by atoms with Gasteiger partial charge in [-0.15, -0.1) is 0 Å². The third kappa shape index (κ3) is 5.14. The van der Waals surface area contributed by atoms with Crippen molar-refractivity contribution < 1.29 is 22.6 Å². The van der Waals surface area contributed by atoms with Gasteiger partial charge in [0.1, 0.15) is 0 Å². The zero-order chi connectivity index (χ0) is 23.4. The Morgan fingerprint density at radius 2 is 1.52 bits per heavy atom. The molecule has 0 bridgehead atoms. The van der Waals surface area contributed by atoms with E-state index in [0.717, 1.165) is 28.1 Å². The van der Waals surface area contributed by atoms with Crippen LogP contribution in [0.1, 0.15) is 22.3 Å². The molecule has 0 amide bonds. The lowest BCUT2D eigenvalue weighted by Gasteiger charge is -2.11. The Balaban J connectivity index is 1.61. The largest absolute Gasteiger partial charge is 0.493 e. The van der Waals surface area contributed by atoms with Gasteiger partial charge in [-0.05, 0) is 28.8 Å². The van der Waals surface area contributed by atoms with Crippen LogP contribution in [0.3, 0.4) is 0 Å². The van der Waals surface area contributed by atoms with Gasteiger partial charge in [0.05, 0.1) is 25.3 Å². The first kappa shape index (κ1) is 22.7. The van der Waals surface area contributed by atoms with Gasteiger partial charge in [-0.1, -0.05) is 48.5 Å². The number of methoxy groups -OCH3 is 2. The van der Waals surface area contributed by atoms with Gasteiger partial charge in [0, 0.05) is 37.3 Å².